The van der Waals surface area contributed by atoms with Crippen LogP contribution < -0.4 is 5.73 Å². The van der Waals surface area contributed by atoms with Gasteiger partial charge >= 0.3 is 5.97 Å². The fourth-order valence-corrected chi connectivity index (χ4v) is 3.37. The molecule has 1 aliphatic heterocycles. The quantitative estimate of drug-likeness (QED) is 0.818. The zero-order valence-electron chi connectivity index (χ0n) is 14.7. The fraction of sp³-hybridized carbons (Fsp3) is 0.444. The van der Waals surface area contributed by atoms with Crippen molar-refractivity contribution in [2.45, 2.75) is 45.6 Å². The molecule has 136 valence electrons. The minimum Gasteiger partial charge on any atom is -0.461 e. The summed E-state index contributed by atoms with van der Waals surface area (Å²) in [6, 6.07) is 3.62. The van der Waals surface area contributed by atoms with Gasteiger partial charge in [-0.3, -0.25) is 9.48 Å². The Morgan fingerprint density at radius 3 is 2.92 bits per heavy atom. The second-order valence-corrected chi connectivity index (χ2v) is 6.03. The van der Waals surface area contributed by atoms with E-state index in [4.69, 9.17) is 15.2 Å². The first-order valence-corrected chi connectivity index (χ1v) is 8.60. The first kappa shape index (κ1) is 17.7. The van der Waals surface area contributed by atoms with Crippen LogP contribution in [0.4, 0.5) is 0 Å². The fourth-order valence-electron chi connectivity index (χ4n) is 3.37. The van der Waals surface area contributed by atoms with Gasteiger partial charge in [-0.25, -0.2) is 4.79 Å². The number of hydrogen-bond donors (Lipinski definition) is 1. The van der Waals surface area contributed by atoms with Crippen molar-refractivity contribution < 1.29 is 19.1 Å². The van der Waals surface area contributed by atoms with Crippen LogP contribution in [0.2, 0.25) is 0 Å². The maximum atomic E-state index is 12.6. The number of allylic oxidation sites excluding steroid dienone is 3. The molecule has 0 radical (unpaired) electrons. The lowest BCUT2D eigenvalue weighted by Crippen LogP contribution is -2.28. The average Bonchev–Trinajstić information content (AvgIpc) is 3.05. The van der Waals surface area contributed by atoms with Crippen LogP contribution in [-0.4, -0.2) is 28.1 Å². The first-order chi connectivity index (χ1) is 12.5. The molecule has 1 aliphatic carbocycles. The molecule has 1 aromatic rings. The lowest BCUT2D eigenvalue weighted by molar-refractivity contribution is -0.116. The van der Waals surface area contributed by atoms with Crippen molar-refractivity contribution in [1.29, 1.82) is 5.26 Å². The number of hydrogen-bond acceptors (Lipinski definition) is 7. The number of rotatable bonds is 4. The Morgan fingerprint density at radius 1 is 1.50 bits per heavy atom. The summed E-state index contributed by atoms with van der Waals surface area (Å²) in [7, 11) is 0. The van der Waals surface area contributed by atoms with Gasteiger partial charge in [-0.1, -0.05) is 0 Å². The number of esters is 1. The Hall–Kier alpha value is -3.08. The lowest BCUT2D eigenvalue weighted by Gasteiger charge is -2.30. The number of nitrogens with two attached hydrogens (primary N) is 1. The Kier molecular flexibility index (Phi) is 4.80. The number of aromatic nitrogens is 2. The lowest BCUT2D eigenvalue weighted by atomic mass is 9.79. The van der Waals surface area contributed by atoms with E-state index in [0.717, 1.165) is 0 Å². The van der Waals surface area contributed by atoms with Crippen LogP contribution in [0.25, 0.3) is 0 Å². The Morgan fingerprint density at radius 2 is 2.27 bits per heavy atom. The summed E-state index contributed by atoms with van der Waals surface area (Å²) < 4.78 is 12.2. The van der Waals surface area contributed by atoms with Crippen LogP contribution >= 0.6 is 0 Å². The van der Waals surface area contributed by atoms with Crippen molar-refractivity contribution in [3.8, 4) is 6.07 Å². The normalized spacial score (nSPS) is 19.7. The molecular formula is C18H20N4O4. The van der Waals surface area contributed by atoms with Crippen molar-refractivity contribution in [3.05, 3.63) is 40.2 Å². The molecule has 3 rings (SSSR count). The number of aryl methyl sites for hydroxylation is 1. The highest BCUT2D eigenvalue weighted by atomic mass is 16.5. The van der Waals surface area contributed by atoms with Gasteiger partial charge in [-0.05, 0) is 26.3 Å². The SMILES string of the molecule is CCOC(=O)c1cc([C@H]2C(C#N)=C(N)OC3=C2C(=O)CCC3)n(CC)n1. The molecule has 0 saturated carbocycles. The molecule has 2 heterocycles. The van der Waals surface area contributed by atoms with E-state index in [0.29, 0.717) is 42.8 Å². The van der Waals surface area contributed by atoms with Crippen LogP contribution in [0.1, 0.15) is 55.2 Å². The molecule has 0 saturated heterocycles. The van der Waals surface area contributed by atoms with Crippen LogP contribution in [0, 0.1) is 11.3 Å². The summed E-state index contributed by atoms with van der Waals surface area (Å²) in [6.45, 7) is 4.26. The third-order valence-electron chi connectivity index (χ3n) is 4.50. The predicted octanol–water partition coefficient (Wildman–Crippen LogP) is 1.89. The van der Waals surface area contributed by atoms with E-state index in [-0.39, 0.29) is 29.5 Å². The number of Topliss-reactive ketones (excluding diaryl/α,β-unsaturated/α-hetero) is 1. The monoisotopic (exact) mass is 356 g/mol. The van der Waals surface area contributed by atoms with Gasteiger partial charge in [0.2, 0.25) is 5.88 Å². The van der Waals surface area contributed by atoms with E-state index in [1.54, 1.807) is 17.7 Å². The summed E-state index contributed by atoms with van der Waals surface area (Å²) >= 11 is 0. The molecule has 0 aromatic carbocycles. The van der Waals surface area contributed by atoms with Gasteiger partial charge in [0.1, 0.15) is 17.4 Å². The Labute approximate surface area is 150 Å². The number of carbonyl (C=O) groups is 2. The predicted molar refractivity (Wildman–Crippen MR) is 90.4 cm³/mol. The van der Waals surface area contributed by atoms with E-state index in [1.807, 2.05) is 6.92 Å². The van der Waals surface area contributed by atoms with Gasteiger partial charge in [-0.2, -0.15) is 10.4 Å². The highest BCUT2D eigenvalue weighted by Gasteiger charge is 2.40. The van der Waals surface area contributed by atoms with Gasteiger partial charge < -0.3 is 15.2 Å². The standard InChI is InChI=1S/C18H20N4O4/c1-3-22-12(8-11(21-22)18(24)25-4-2)15-10(9-19)17(20)26-14-7-5-6-13(23)16(14)15/h8,15H,3-7,20H2,1-2H3/t15-/m1/s1. The van der Waals surface area contributed by atoms with Gasteiger partial charge in [0, 0.05) is 25.0 Å². The van der Waals surface area contributed by atoms with E-state index >= 15 is 0 Å². The van der Waals surface area contributed by atoms with Crippen molar-refractivity contribution >= 4 is 11.8 Å². The Bertz CT molecular complexity index is 872. The summed E-state index contributed by atoms with van der Waals surface area (Å²) in [5.41, 5.74) is 7.23. The van der Waals surface area contributed by atoms with Crippen LogP contribution in [-0.2, 0) is 20.8 Å². The minimum absolute atomic E-state index is 0.00696. The molecule has 1 aromatic heterocycles. The molecule has 2 N–H and O–H groups in total. The maximum absolute atomic E-state index is 12.6. The number of nitrogens with zero attached hydrogens (tertiary/aromatic N) is 3. The zero-order chi connectivity index (χ0) is 18.8. The topological polar surface area (TPSA) is 120 Å². The molecule has 8 nitrogen and oxygen atoms in total. The van der Waals surface area contributed by atoms with Gasteiger partial charge in [0.15, 0.2) is 11.5 Å². The van der Waals surface area contributed by atoms with Crippen molar-refractivity contribution in [1.82, 2.24) is 9.78 Å². The van der Waals surface area contributed by atoms with Gasteiger partial charge in [0.05, 0.1) is 18.2 Å². The van der Waals surface area contributed by atoms with Crippen molar-refractivity contribution in [3.63, 3.8) is 0 Å². The smallest absolute Gasteiger partial charge is 0.358 e. The number of nitriles is 1. The number of ether oxygens (including phenoxy) is 2. The molecule has 26 heavy (non-hydrogen) atoms. The number of carbonyl (C=O) groups excluding carboxylic acids is 2. The van der Waals surface area contributed by atoms with E-state index < -0.39 is 11.9 Å². The highest BCUT2D eigenvalue weighted by Crippen LogP contribution is 2.43. The molecule has 0 unspecified atom stereocenters. The molecular weight excluding hydrogens is 336 g/mol. The molecule has 0 fully saturated rings. The van der Waals surface area contributed by atoms with Crippen LogP contribution in [0.5, 0.6) is 0 Å². The third kappa shape index (κ3) is 2.86. The van der Waals surface area contributed by atoms with Gasteiger partial charge in [0.25, 0.3) is 0 Å². The maximum Gasteiger partial charge on any atom is 0.358 e. The summed E-state index contributed by atoms with van der Waals surface area (Å²) in [5, 5.41) is 13.9. The van der Waals surface area contributed by atoms with Gasteiger partial charge in [-0.15, -0.1) is 0 Å². The third-order valence-corrected chi connectivity index (χ3v) is 4.50. The zero-order valence-corrected chi connectivity index (χ0v) is 14.7. The highest BCUT2D eigenvalue weighted by molar-refractivity contribution is 5.99. The Balaban J connectivity index is 2.16. The van der Waals surface area contributed by atoms with Crippen LogP contribution in [0.3, 0.4) is 0 Å². The second kappa shape index (κ2) is 7.04. The van der Waals surface area contributed by atoms with Crippen molar-refractivity contribution in [2.24, 2.45) is 5.73 Å². The first-order valence-electron chi connectivity index (χ1n) is 8.60. The molecule has 0 bridgehead atoms. The van der Waals surface area contributed by atoms with E-state index in [1.165, 1.54) is 0 Å². The van der Waals surface area contributed by atoms with E-state index in [9.17, 15) is 14.9 Å². The minimum atomic E-state index is -0.688. The number of ketones is 1. The van der Waals surface area contributed by atoms with E-state index in [2.05, 4.69) is 11.2 Å². The van der Waals surface area contributed by atoms with Crippen LogP contribution in [0.15, 0.2) is 28.9 Å². The summed E-state index contributed by atoms with van der Waals surface area (Å²) in [5.74, 6) is -0.811. The molecule has 8 heteroatoms. The second-order valence-electron chi connectivity index (χ2n) is 6.03. The van der Waals surface area contributed by atoms with Crippen molar-refractivity contribution in [2.75, 3.05) is 6.61 Å². The summed E-state index contributed by atoms with van der Waals surface area (Å²) in [6.07, 6.45) is 1.66. The molecule has 0 amide bonds. The molecule has 0 spiro atoms. The summed E-state index contributed by atoms with van der Waals surface area (Å²) in [4.78, 5) is 24.7. The molecule has 1 atom stereocenters. The average molecular weight is 356 g/mol. The molecule has 2 aliphatic rings. The largest absolute Gasteiger partial charge is 0.461 e.